The van der Waals surface area contributed by atoms with Gasteiger partial charge in [-0.3, -0.25) is 9.78 Å². The zero-order chi connectivity index (χ0) is 22.8. The van der Waals surface area contributed by atoms with Gasteiger partial charge in [0, 0.05) is 65.9 Å². The van der Waals surface area contributed by atoms with Crippen LogP contribution in [0.15, 0.2) is 54.2 Å². The number of carbonyl (C=O) groups is 1. The van der Waals surface area contributed by atoms with Gasteiger partial charge in [0.1, 0.15) is 17.5 Å². The highest BCUT2D eigenvalue weighted by Crippen LogP contribution is 2.35. The quantitative estimate of drug-likeness (QED) is 0.410. The average molecular weight is 462 g/mol. The van der Waals surface area contributed by atoms with Crippen LogP contribution in [0.1, 0.15) is 37.9 Å². The van der Waals surface area contributed by atoms with Gasteiger partial charge in [0.2, 0.25) is 5.91 Å². The molecule has 1 aromatic carbocycles. The maximum absolute atomic E-state index is 13.8. The number of halogens is 1. The van der Waals surface area contributed by atoms with Gasteiger partial charge in [-0.25, -0.2) is 14.4 Å². The van der Waals surface area contributed by atoms with Crippen LogP contribution in [0, 0.1) is 5.82 Å². The molecule has 0 aliphatic carbocycles. The van der Waals surface area contributed by atoms with Gasteiger partial charge in [-0.05, 0) is 37.1 Å². The van der Waals surface area contributed by atoms with Crippen LogP contribution >= 0.6 is 11.3 Å². The van der Waals surface area contributed by atoms with E-state index in [-0.39, 0.29) is 17.6 Å². The first-order valence-electron chi connectivity index (χ1n) is 11.1. The first kappa shape index (κ1) is 21.5. The molecule has 1 saturated heterocycles. The van der Waals surface area contributed by atoms with E-state index >= 15 is 0 Å². The van der Waals surface area contributed by atoms with E-state index in [1.807, 2.05) is 30.2 Å². The SMILES string of the molecule is CCC(=O)N1CCCC(c2nc(Nc3cccc(F)c3)cc(-c3csc4cnccc34)n2)C1. The molecule has 1 atom stereocenters. The molecule has 0 radical (unpaired) electrons. The largest absolute Gasteiger partial charge is 0.342 e. The lowest BCUT2D eigenvalue weighted by Crippen LogP contribution is -2.39. The summed E-state index contributed by atoms with van der Waals surface area (Å²) in [6, 6.07) is 10.2. The van der Waals surface area contributed by atoms with Crippen molar-refractivity contribution in [1.29, 1.82) is 0 Å². The third kappa shape index (κ3) is 4.57. The number of fused-ring (bicyclic) bond motifs is 1. The number of pyridine rings is 1. The first-order valence-corrected chi connectivity index (χ1v) is 12.0. The van der Waals surface area contributed by atoms with Crippen molar-refractivity contribution in [1.82, 2.24) is 19.9 Å². The molecule has 1 amide bonds. The van der Waals surface area contributed by atoms with Crippen LogP contribution in [0.2, 0.25) is 0 Å². The van der Waals surface area contributed by atoms with E-state index in [9.17, 15) is 9.18 Å². The Balaban J connectivity index is 1.56. The monoisotopic (exact) mass is 461 g/mol. The summed E-state index contributed by atoms with van der Waals surface area (Å²) in [6.45, 7) is 3.28. The predicted molar refractivity (Wildman–Crippen MR) is 129 cm³/mol. The molecule has 1 aliphatic rings. The van der Waals surface area contributed by atoms with Crippen molar-refractivity contribution in [3.63, 3.8) is 0 Å². The number of piperidine rings is 1. The number of thiophene rings is 1. The number of nitrogens with one attached hydrogen (secondary N) is 1. The van der Waals surface area contributed by atoms with Crippen molar-refractivity contribution in [3.8, 4) is 11.3 Å². The normalized spacial score (nSPS) is 16.2. The number of hydrogen-bond donors (Lipinski definition) is 1. The number of nitrogens with zero attached hydrogens (tertiary/aromatic N) is 4. The Morgan fingerprint density at radius 1 is 1.27 bits per heavy atom. The minimum atomic E-state index is -0.313. The van der Waals surface area contributed by atoms with E-state index in [0.717, 1.165) is 40.7 Å². The zero-order valence-electron chi connectivity index (χ0n) is 18.3. The van der Waals surface area contributed by atoms with E-state index < -0.39 is 0 Å². The van der Waals surface area contributed by atoms with Crippen LogP contribution in [-0.2, 0) is 4.79 Å². The second kappa shape index (κ2) is 9.23. The Bertz CT molecular complexity index is 1310. The fourth-order valence-electron chi connectivity index (χ4n) is 4.28. The first-order chi connectivity index (χ1) is 16.1. The molecule has 1 unspecified atom stereocenters. The van der Waals surface area contributed by atoms with Crippen LogP contribution in [0.5, 0.6) is 0 Å². The fourth-order valence-corrected chi connectivity index (χ4v) is 5.20. The maximum atomic E-state index is 13.8. The second-order valence-electron chi connectivity index (χ2n) is 8.19. The zero-order valence-corrected chi connectivity index (χ0v) is 19.1. The van der Waals surface area contributed by atoms with Crippen molar-refractivity contribution in [3.05, 3.63) is 65.8 Å². The number of aromatic nitrogens is 3. The van der Waals surface area contributed by atoms with Gasteiger partial charge >= 0.3 is 0 Å². The predicted octanol–water partition coefficient (Wildman–Crippen LogP) is 5.75. The highest BCUT2D eigenvalue weighted by molar-refractivity contribution is 7.17. The third-order valence-electron chi connectivity index (χ3n) is 5.94. The van der Waals surface area contributed by atoms with Gasteiger partial charge in [-0.1, -0.05) is 13.0 Å². The third-order valence-corrected chi connectivity index (χ3v) is 6.87. The summed E-state index contributed by atoms with van der Waals surface area (Å²) >= 11 is 1.62. The molecule has 0 bridgehead atoms. The average Bonchev–Trinajstić information content (AvgIpc) is 3.28. The molecule has 1 aliphatic heterocycles. The van der Waals surface area contributed by atoms with Gasteiger partial charge < -0.3 is 10.2 Å². The van der Waals surface area contributed by atoms with Gasteiger partial charge in [-0.2, -0.15) is 0 Å². The van der Waals surface area contributed by atoms with Crippen molar-refractivity contribution in [2.45, 2.75) is 32.1 Å². The van der Waals surface area contributed by atoms with Crippen LogP contribution in [-0.4, -0.2) is 38.8 Å². The number of likely N-dealkylation sites (tertiary alicyclic amines) is 1. The number of anilines is 2. The lowest BCUT2D eigenvalue weighted by Gasteiger charge is -2.32. The van der Waals surface area contributed by atoms with E-state index in [1.165, 1.54) is 12.1 Å². The molecule has 5 rings (SSSR count). The molecule has 3 aromatic heterocycles. The molecule has 4 heterocycles. The highest BCUT2D eigenvalue weighted by Gasteiger charge is 2.27. The summed E-state index contributed by atoms with van der Waals surface area (Å²) < 4.78 is 14.8. The number of amides is 1. The van der Waals surface area contributed by atoms with Gasteiger partial charge in [0.25, 0.3) is 0 Å². The summed E-state index contributed by atoms with van der Waals surface area (Å²) in [7, 11) is 0. The Morgan fingerprint density at radius 2 is 2.18 bits per heavy atom. The fraction of sp³-hybridized carbons (Fsp3) is 0.280. The van der Waals surface area contributed by atoms with Crippen LogP contribution in [0.3, 0.4) is 0 Å². The summed E-state index contributed by atoms with van der Waals surface area (Å²) in [5, 5.41) is 6.41. The molecular formula is C25H24FN5OS. The molecule has 8 heteroatoms. The molecule has 0 spiro atoms. The smallest absolute Gasteiger partial charge is 0.222 e. The summed E-state index contributed by atoms with van der Waals surface area (Å²) in [6.07, 6.45) is 5.97. The molecule has 168 valence electrons. The number of hydrogen-bond acceptors (Lipinski definition) is 6. The molecule has 1 N–H and O–H groups in total. The Labute approximate surface area is 195 Å². The Hall–Kier alpha value is -3.39. The van der Waals surface area contributed by atoms with E-state index in [4.69, 9.17) is 9.97 Å². The highest BCUT2D eigenvalue weighted by atomic mass is 32.1. The van der Waals surface area contributed by atoms with Crippen LogP contribution < -0.4 is 5.32 Å². The number of rotatable bonds is 5. The molecule has 6 nitrogen and oxygen atoms in total. The molecule has 4 aromatic rings. The number of carbonyl (C=O) groups excluding carboxylic acids is 1. The lowest BCUT2D eigenvalue weighted by molar-refractivity contribution is -0.132. The Kier molecular flexibility index (Phi) is 6.00. The van der Waals surface area contributed by atoms with Gasteiger partial charge in [-0.15, -0.1) is 11.3 Å². The topological polar surface area (TPSA) is 71.0 Å². The van der Waals surface area contributed by atoms with Gasteiger partial charge in [0.05, 0.1) is 10.4 Å². The van der Waals surface area contributed by atoms with Crippen molar-refractivity contribution in [2.24, 2.45) is 0 Å². The summed E-state index contributed by atoms with van der Waals surface area (Å²) in [5.41, 5.74) is 2.44. The van der Waals surface area contributed by atoms with Crippen molar-refractivity contribution >= 4 is 38.8 Å². The Morgan fingerprint density at radius 3 is 3.03 bits per heavy atom. The molecule has 1 fully saturated rings. The second-order valence-corrected chi connectivity index (χ2v) is 9.10. The minimum absolute atomic E-state index is 0.0498. The molecule has 0 saturated carbocycles. The van der Waals surface area contributed by atoms with Gasteiger partial charge in [0.15, 0.2) is 0 Å². The summed E-state index contributed by atoms with van der Waals surface area (Å²) in [5.74, 6) is 1.20. The minimum Gasteiger partial charge on any atom is -0.342 e. The maximum Gasteiger partial charge on any atom is 0.222 e. The molecule has 33 heavy (non-hydrogen) atoms. The number of benzene rings is 1. The van der Waals surface area contributed by atoms with E-state index in [2.05, 4.69) is 15.7 Å². The van der Waals surface area contributed by atoms with E-state index in [0.29, 0.717) is 30.3 Å². The lowest BCUT2D eigenvalue weighted by atomic mass is 9.96. The van der Waals surface area contributed by atoms with Crippen molar-refractivity contribution in [2.75, 3.05) is 18.4 Å². The van der Waals surface area contributed by atoms with Crippen LogP contribution in [0.25, 0.3) is 21.3 Å². The summed E-state index contributed by atoms with van der Waals surface area (Å²) in [4.78, 5) is 28.2. The van der Waals surface area contributed by atoms with Crippen molar-refractivity contribution < 1.29 is 9.18 Å². The standard InChI is InChI=1S/C25H24FN5OS/c1-2-24(32)31-10-4-5-16(14-31)25-29-21(20-15-33-22-13-27-9-8-19(20)22)12-23(30-25)28-18-7-3-6-17(26)11-18/h3,6-9,11-13,15-16H,2,4-5,10,14H2,1H3,(H,28,29,30). The van der Waals surface area contributed by atoms with E-state index in [1.54, 1.807) is 29.7 Å². The molecular weight excluding hydrogens is 437 g/mol. The van der Waals surface area contributed by atoms with Crippen LogP contribution in [0.4, 0.5) is 15.9 Å².